The Morgan fingerprint density at radius 1 is 0.962 bits per heavy atom. The molecule has 0 aliphatic carbocycles. The van der Waals surface area contributed by atoms with E-state index < -0.39 is 5.63 Å². The van der Waals surface area contributed by atoms with Gasteiger partial charge in [0.1, 0.15) is 12.0 Å². The zero-order valence-corrected chi connectivity index (χ0v) is 15.1. The summed E-state index contributed by atoms with van der Waals surface area (Å²) in [7, 11) is 0. The number of nitrogens with zero attached hydrogens (tertiary/aromatic N) is 2. The molecule has 0 saturated carbocycles. The Bertz CT molecular complexity index is 824. The van der Waals surface area contributed by atoms with Crippen molar-refractivity contribution in [1.82, 2.24) is 9.80 Å². The number of benzene rings is 1. The average molecular weight is 354 g/mol. The van der Waals surface area contributed by atoms with Gasteiger partial charge in [0.15, 0.2) is 0 Å². The van der Waals surface area contributed by atoms with E-state index in [-0.39, 0.29) is 5.75 Å². The molecule has 0 atom stereocenters. The molecule has 0 amide bonds. The number of piperidine rings is 1. The van der Waals surface area contributed by atoms with Crippen molar-refractivity contribution >= 4 is 0 Å². The van der Waals surface area contributed by atoms with Crippen molar-refractivity contribution in [2.24, 2.45) is 0 Å². The monoisotopic (exact) mass is 354 g/mol. The predicted molar refractivity (Wildman–Crippen MR) is 100 cm³/mol. The molecule has 1 fully saturated rings. The first-order valence-corrected chi connectivity index (χ1v) is 9.55. The Morgan fingerprint density at radius 2 is 1.73 bits per heavy atom. The van der Waals surface area contributed by atoms with Gasteiger partial charge in [0.05, 0.1) is 5.56 Å². The van der Waals surface area contributed by atoms with Gasteiger partial charge >= 0.3 is 5.63 Å². The highest BCUT2D eigenvalue weighted by molar-refractivity contribution is 5.37. The number of hydrogen-bond acceptors (Lipinski definition) is 5. The van der Waals surface area contributed by atoms with Crippen LogP contribution < -0.4 is 5.63 Å². The first kappa shape index (κ1) is 17.3. The lowest BCUT2D eigenvalue weighted by atomic mass is 9.99. The fourth-order valence-electron chi connectivity index (χ4n) is 4.06. The lowest BCUT2D eigenvalue weighted by Crippen LogP contribution is -2.32. The van der Waals surface area contributed by atoms with Gasteiger partial charge in [0.25, 0.3) is 0 Å². The van der Waals surface area contributed by atoms with Gasteiger partial charge in [-0.25, -0.2) is 4.79 Å². The molecule has 1 aromatic heterocycles. The molecular weight excluding hydrogens is 328 g/mol. The van der Waals surface area contributed by atoms with Gasteiger partial charge in [-0.2, -0.15) is 0 Å². The smallest absolute Gasteiger partial charge is 0.343 e. The van der Waals surface area contributed by atoms with Crippen LogP contribution in [0.3, 0.4) is 0 Å². The van der Waals surface area contributed by atoms with Crippen molar-refractivity contribution in [2.75, 3.05) is 19.6 Å². The lowest BCUT2D eigenvalue weighted by molar-refractivity contribution is 0.212. The number of rotatable bonds is 4. The molecule has 5 nitrogen and oxygen atoms in total. The van der Waals surface area contributed by atoms with Crippen LogP contribution in [0.25, 0.3) is 0 Å². The maximum atomic E-state index is 12.2. The van der Waals surface area contributed by atoms with E-state index in [1.165, 1.54) is 23.8 Å². The number of aromatic hydroxyl groups is 1. The van der Waals surface area contributed by atoms with Crippen LogP contribution >= 0.6 is 0 Å². The van der Waals surface area contributed by atoms with E-state index in [1.807, 2.05) is 0 Å². The van der Waals surface area contributed by atoms with Crippen molar-refractivity contribution in [3.8, 4) is 5.75 Å². The van der Waals surface area contributed by atoms with Crippen LogP contribution in [0, 0.1) is 0 Å². The minimum atomic E-state index is -0.416. The summed E-state index contributed by atoms with van der Waals surface area (Å²) in [6, 6.07) is 8.49. The van der Waals surface area contributed by atoms with E-state index in [4.69, 9.17) is 4.42 Å². The van der Waals surface area contributed by atoms with Gasteiger partial charge in [0, 0.05) is 31.7 Å². The summed E-state index contributed by atoms with van der Waals surface area (Å²) in [5, 5.41) is 10.7. The number of fused-ring (bicyclic) bond motifs is 1. The van der Waals surface area contributed by atoms with Gasteiger partial charge in [-0.05, 0) is 43.5 Å². The van der Waals surface area contributed by atoms with E-state index in [2.05, 4.69) is 34.1 Å². The second kappa shape index (κ2) is 7.64. The van der Waals surface area contributed by atoms with E-state index in [0.717, 1.165) is 45.4 Å². The number of likely N-dealkylation sites (tertiary alicyclic amines) is 1. The standard InChI is InChI=1S/C21H26N2O3/c24-20-18(13-23-11-8-16-6-2-3-7-17(16)12-23)15-26-21(25)19(20)14-22-9-4-1-5-10-22/h2-3,6-7,15,24H,1,4-5,8-14H2. The molecule has 0 bridgehead atoms. The van der Waals surface area contributed by atoms with Crippen LogP contribution in [0.4, 0.5) is 0 Å². The van der Waals surface area contributed by atoms with Crippen LogP contribution in [0.2, 0.25) is 0 Å². The summed E-state index contributed by atoms with van der Waals surface area (Å²) in [6.07, 6.45) is 5.98. The van der Waals surface area contributed by atoms with Crippen molar-refractivity contribution in [3.05, 3.63) is 63.2 Å². The molecule has 3 heterocycles. The summed E-state index contributed by atoms with van der Waals surface area (Å²) >= 11 is 0. The van der Waals surface area contributed by atoms with E-state index in [0.29, 0.717) is 24.2 Å². The molecule has 1 aromatic carbocycles. The summed E-state index contributed by atoms with van der Waals surface area (Å²) in [4.78, 5) is 16.7. The molecule has 2 aliphatic rings. The third-order valence-corrected chi connectivity index (χ3v) is 5.58. The van der Waals surface area contributed by atoms with Crippen LogP contribution in [0.1, 0.15) is 41.5 Å². The second-order valence-corrected chi connectivity index (χ2v) is 7.44. The molecule has 26 heavy (non-hydrogen) atoms. The van der Waals surface area contributed by atoms with Crippen LogP contribution in [0.15, 0.2) is 39.7 Å². The minimum absolute atomic E-state index is 0.116. The molecule has 0 radical (unpaired) electrons. The Morgan fingerprint density at radius 3 is 2.54 bits per heavy atom. The van der Waals surface area contributed by atoms with Crippen LogP contribution in [-0.4, -0.2) is 34.5 Å². The topological polar surface area (TPSA) is 56.9 Å². The Balaban J connectivity index is 1.50. The fraction of sp³-hybridized carbons (Fsp3) is 0.476. The zero-order chi connectivity index (χ0) is 17.9. The molecule has 138 valence electrons. The zero-order valence-electron chi connectivity index (χ0n) is 15.1. The van der Waals surface area contributed by atoms with Gasteiger partial charge in [0.2, 0.25) is 0 Å². The highest BCUT2D eigenvalue weighted by Crippen LogP contribution is 2.26. The summed E-state index contributed by atoms with van der Waals surface area (Å²) < 4.78 is 5.25. The Kier molecular flexibility index (Phi) is 5.09. The maximum Gasteiger partial charge on any atom is 0.343 e. The Hall–Kier alpha value is -2.11. The van der Waals surface area contributed by atoms with Crippen molar-refractivity contribution in [3.63, 3.8) is 0 Å². The molecule has 1 N–H and O–H groups in total. The van der Waals surface area contributed by atoms with E-state index >= 15 is 0 Å². The van der Waals surface area contributed by atoms with Crippen molar-refractivity contribution in [2.45, 2.75) is 45.3 Å². The average Bonchev–Trinajstić information content (AvgIpc) is 2.68. The molecule has 0 spiro atoms. The van der Waals surface area contributed by atoms with Crippen molar-refractivity contribution in [1.29, 1.82) is 0 Å². The quantitative estimate of drug-likeness (QED) is 0.915. The molecule has 1 saturated heterocycles. The maximum absolute atomic E-state index is 12.2. The molecule has 4 rings (SSSR count). The Labute approximate surface area is 153 Å². The molecule has 2 aromatic rings. The van der Waals surface area contributed by atoms with Crippen LogP contribution in [0.5, 0.6) is 5.75 Å². The second-order valence-electron chi connectivity index (χ2n) is 7.44. The molecular formula is C21H26N2O3. The first-order chi connectivity index (χ1) is 12.7. The van der Waals surface area contributed by atoms with Gasteiger partial charge in [-0.15, -0.1) is 0 Å². The first-order valence-electron chi connectivity index (χ1n) is 9.55. The predicted octanol–water partition coefficient (Wildman–Crippen LogP) is 2.89. The highest BCUT2D eigenvalue weighted by Gasteiger charge is 2.21. The summed E-state index contributed by atoms with van der Waals surface area (Å²) in [5.41, 5.74) is 3.43. The van der Waals surface area contributed by atoms with Crippen molar-refractivity contribution < 1.29 is 9.52 Å². The van der Waals surface area contributed by atoms with Crippen LogP contribution in [-0.2, 0) is 26.1 Å². The van der Waals surface area contributed by atoms with E-state index in [9.17, 15) is 9.90 Å². The van der Waals surface area contributed by atoms with E-state index in [1.54, 1.807) is 0 Å². The summed E-state index contributed by atoms with van der Waals surface area (Å²) in [5.74, 6) is 0.116. The highest BCUT2D eigenvalue weighted by atomic mass is 16.4. The SMILES string of the molecule is O=c1occ(CN2CCc3ccccc3C2)c(O)c1CN1CCCCC1. The summed E-state index contributed by atoms with van der Waals surface area (Å²) in [6.45, 7) is 4.83. The van der Waals surface area contributed by atoms with Gasteiger partial charge < -0.3 is 9.52 Å². The lowest BCUT2D eigenvalue weighted by Gasteiger charge is -2.29. The minimum Gasteiger partial charge on any atom is -0.507 e. The van der Waals surface area contributed by atoms with Gasteiger partial charge in [-0.1, -0.05) is 30.7 Å². The normalized spacial score (nSPS) is 18.6. The third-order valence-electron chi connectivity index (χ3n) is 5.58. The fourth-order valence-corrected chi connectivity index (χ4v) is 4.06. The van der Waals surface area contributed by atoms with Gasteiger partial charge in [-0.3, -0.25) is 9.80 Å². The molecule has 2 aliphatic heterocycles. The number of hydrogen-bond donors (Lipinski definition) is 1. The molecule has 0 unspecified atom stereocenters. The third kappa shape index (κ3) is 3.69. The largest absolute Gasteiger partial charge is 0.507 e. The molecule has 5 heteroatoms.